The van der Waals surface area contributed by atoms with E-state index >= 15 is 0 Å². The van der Waals surface area contributed by atoms with Crippen LogP contribution < -0.4 is 10.5 Å². The highest BCUT2D eigenvalue weighted by atomic mass is 32.2. The van der Waals surface area contributed by atoms with E-state index in [0.29, 0.717) is 4.99 Å². The predicted octanol–water partition coefficient (Wildman–Crippen LogP) is 3.61. The fourth-order valence-electron chi connectivity index (χ4n) is 1.43. The summed E-state index contributed by atoms with van der Waals surface area (Å²) in [7, 11) is 0. The molecular formula is C13H19NOS2. The standard InChI is InChI=1S/C13H19NOS2/c1-4-9(3)15-10-7-6-8-11(17-5-2)12(10)13(14)16/h6-9H,4-5H2,1-3H3,(H2,14,16). The fraction of sp³-hybridized carbons (Fsp3) is 0.462. The minimum absolute atomic E-state index is 0.171. The molecule has 0 heterocycles. The molecule has 0 amide bonds. The highest BCUT2D eigenvalue weighted by Crippen LogP contribution is 2.30. The van der Waals surface area contributed by atoms with Crippen LogP contribution >= 0.6 is 24.0 Å². The van der Waals surface area contributed by atoms with Crippen molar-refractivity contribution in [3.8, 4) is 5.75 Å². The molecule has 0 aliphatic rings. The smallest absolute Gasteiger partial charge is 0.131 e. The second kappa shape index (κ2) is 6.87. The molecule has 0 aliphatic carbocycles. The van der Waals surface area contributed by atoms with E-state index in [0.717, 1.165) is 28.4 Å². The average molecular weight is 269 g/mol. The summed E-state index contributed by atoms with van der Waals surface area (Å²) >= 11 is 6.86. The molecule has 1 unspecified atom stereocenters. The molecule has 1 atom stereocenters. The molecule has 0 bridgehead atoms. The largest absolute Gasteiger partial charge is 0.490 e. The number of hydrogen-bond donors (Lipinski definition) is 1. The van der Waals surface area contributed by atoms with Crippen LogP contribution in [0.2, 0.25) is 0 Å². The van der Waals surface area contributed by atoms with Gasteiger partial charge in [0.05, 0.1) is 11.7 Å². The van der Waals surface area contributed by atoms with Crippen LogP contribution in [0.3, 0.4) is 0 Å². The van der Waals surface area contributed by atoms with Gasteiger partial charge in [-0.15, -0.1) is 11.8 Å². The van der Waals surface area contributed by atoms with E-state index < -0.39 is 0 Å². The van der Waals surface area contributed by atoms with Gasteiger partial charge in [-0.3, -0.25) is 0 Å². The highest BCUT2D eigenvalue weighted by Gasteiger charge is 2.13. The molecule has 1 aromatic rings. The van der Waals surface area contributed by atoms with E-state index in [4.69, 9.17) is 22.7 Å². The Hall–Kier alpha value is -0.740. The summed E-state index contributed by atoms with van der Waals surface area (Å²) < 4.78 is 5.86. The first-order valence-corrected chi connectivity index (χ1v) is 7.21. The Morgan fingerprint density at radius 1 is 1.47 bits per heavy atom. The molecule has 0 aromatic heterocycles. The van der Waals surface area contributed by atoms with Gasteiger partial charge in [0.1, 0.15) is 10.7 Å². The van der Waals surface area contributed by atoms with Gasteiger partial charge in [-0.25, -0.2) is 0 Å². The molecule has 0 fully saturated rings. The molecule has 0 saturated carbocycles. The zero-order valence-electron chi connectivity index (χ0n) is 10.5. The Bertz CT molecular complexity index is 393. The van der Waals surface area contributed by atoms with Crippen LogP contribution in [0.15, 0.2) is 23.1 Å². The SMILES string of the molecule is CCSc1cccc(OC(C)CC)c1C(N)=S. The van der Waals surface area contributed by atoms with Crippen molar-refractivity contribution in [1.29, 1.82) is 0 Å². The second-order valence-electron chi connectivity index (χ2n) is 3.76. The minimum Gasteiger partial charge on any atom is -0.490 e. The van der Waals surface area contributed by atoms with Crippen molar-refractivity contribution >= 4 is 29.0 Å². The molecule has 0 spiro atoms. The molecular weight excluding hydrogens is 250 g/mol. The van der Waals surface area contributed by atoms with E-state index in [1.807, 2.05) is 25.1 Å². The van der Waals surface area contributed by atoms with Gasteiger partial charge in [-0.2, -0.15) is 0 Å². The first-order valence-electron chi connectivity index (χ1n) is 5.82. The highest BCUT2D eigenvalue weighted by molar-refractivity contribution is 7.99. The van der Waals surface area contributed by atoms with Crippen LogP contribution in [0.4, 0.5) is 0 Å². The zero-order chi connectivity index (χ0) is 12.8. The Morgan fingerprint density at radius 2 is 2.18 bits per heavy atom. The van der Waals surface area contributed by atoms with Gasteiger partial charge in [-0.1, -0.05) is 32.1 Å². The van der Waals surface area contributed by atoms with Crippen molar-refractivity contribution in [1.82, 2.24) is 0 Å². The molecule has 2 N–H and O–H groups in total. The lowest BCUT2D eigenvalue weighted by Crippen LogP contribution is -2.17. The molecule has 1 rings (SSSR count). The maximum Gasteiger partial charge on any atom is 0.131 e. The summed E-state index contributed by atoms with van der Waals surface area (Å²) in [5, 5.41) is 0. The number of rotatable bonds is 6. The van der Waals surface area contributed by atoms with Gasteiger partial charge < -0.3 is 10.5 Å². The second-order valence-corrected chi connectivity index (χ2v) is 5.51. The number of nitrogens with two attached hydrogens (primary N) is 1. The molecule has 2 nitrogen and oxygen atoms in total. The lowest BCUT2D eigenvalue weighted by atomic mass is 10.2. The predicted molar refractivity (Wildman–Crippen MR) is 79.1 cm³/mol. The molecule has 0 aliphatic heterocycles. The molecule has 1 aromatic carbocycles. The van der Waals surface area contributed by atoms with Crippen molar-refractivity contribution in [3.05, 3.63) is 23.8 Å². The maximum atomic E-state index is 5.86. The summed E-state index contributed by atoms with van der Waals surface area (Å²) in [5.74, 6) is 1.79. The first-order chi connectivity index (χ1) is 8.10. The molecule has 17 heavy (non-hydrogen) atoms. The van der Waals surface area contributed by atoms with Crippen LogP contribution in [0.25, 0.3) is 0 Å². The van der Waals surface area contributed by atoms with Crippen molar-refractivity contribution in [3.63, 3.8) is 0 Å². The minimum atomic E-state index is 0.171. The van der Waals surface area contributed by atoms with Crippen LogP contribution in [-0.2, 0) is 0 Å². The third-order valence-corrected chi connectivity index (χ3v) is 3.58. The normalized spacial score (nSPS) is 12.2. The van der Waals surface area contributed by atoms with E-state index in [-0.39, 0.29) is 6.10 Å². The van der Waals surface area contributed by atoms with Crippen molar-refractivity contribution in [2.45, 2.75) is 38.2 Å². The van der Waals surface area contributed by atoms with Crippen LogP contribution in [0.1, 0.15) is 32.8 Å². The summed E-state index contributed by atoms with van der Waals surface area (Å²) in [6.07, 6.45) is 1.13. The van der Waals surface area contributed by atoms with Gasteiger partial charge in [0, 0.05) is 4.90 Å². The van der Waals surface area contributed by atoms with Crippen molar-refractivity contribution in [2.75, 3.05) is 5.75 Å². The van der Waals surface area contributed by atoms with Crippen molar-refractivity contribution < 1.29 is 4.74 Å². The van der Waals surface area contributed by atoms with E-state index in [1.165, 1.54) is 0 Å². The summed E-state index contributed by atoms with van der Waals surface area (Å²) in [4.78, 5) is 1.50. The summed E-state index contributed by atoms with van der Waals surface area (Å²) in [5.41, 5.74) is 6.67. The van der Waals surface area contributed by atoms with Crippen LogP contribution in [0.5, 0.6) is 5.75 Å². The molecule has 0 saturated heterocycles. The van der Waals surface area contributed by atoms with E-state index in [2.05, 4.69) is 13.8 Å². The lowest BCUT2D eigenvalue weighted by Gasteiger charge is -2.17. The van der Waals surface area contributed by atoms with Crippen LogP contribution in [0, 0.1) is 0 Å². The van der Waals surface area contributed by atoms with Gasteiger partial charge >= 0.3 is 0 Å². The Balaban J connectivity index is 3.10. The van der Waals surface area contributed by atoms with E-state index in [9.17, 15) is 0 Å². The van der Waals surface area contributed by atoms with Gasteiger partial charge in [-0.05, 0) is 31.2 Å². The first kappa shape index (κ1) is 14.3. The number of hydrogen-bond acceptors (Lipinski definition) is 3. The molecule has 0 radical (unpaired) electrons. The molecule has 94 valence electrons. The van der Waals surface area contributed by atoms with E-state index in [1.54, 1.807) is 11.8 Å². The summed E-state index contributed by atoms with van der Waals surface area (Å²) in [6.45, 7) is 6.24. The number of ether oxygens (including phenoxy) is 1. The molecule has 4 heteroatoms. The van der Waals surface area contributed by atoms with Gasteiger partial charge in [0.2, 0.25) is 0 Å². The average Bonchev–Trinajstić information content (AvgIpc) is 2.29. The van der Waals surface area contributed by atoms with Crippen molar-refractivity contribution in [2.24, 2.45) is 5.73 Å². The lowest BCUT2D eigenvalue weighted by molar-refractivity contribution is 0.216. The number of benzene rings is 1. The third kappa shape index (κ3) is 3.89. The number of thiocarbonyl (C=S) groups is 1. The topological polar surface area (TPSA) is 35.2 Å². The van der Waals surface area contributed by atoms with Gasteiger partial charge in [0.25, 0.3) is 0 Å². The fourth-order valence-corrected chi connectivity index (χ4v) is 2.54. The number of thioether (sulfide) groups is 1. The Kier molecular flexibility index (Phi) is 5.78. The van der Waals surface area contributed by atoms with Crippen LogP contribution in [-0.4, -0.2) is 16.8 Å². The summed E-state index contributed by atoms with van der Waals surface area (Å²) in [6, 6.07) is 5.95. The quantitative estimate of drug-likeness (QED) is 0.632. The Morgan fingerprint density at radius 3 is 2.71 bits per heavy atom. The zero-order valence-corrected chi connectivity index (χ0v) is 12.2. The third-order valence-electron chi connectivity index (χ3n) is 2.44. The Labute approximate surface area is 113 Å². The maximum absolute atomic E-state index is 5.86. The monoisotopic (exact) mass is 269 g/mol. The van der Waals surface area contributed by atoms with Gasteiger partial charge in [0.15, 0.2) is 0 Å².